The Bertz CT molecular complexity index is 99.4. The van der Waals surface area contributed by atoms with Crippen molar-refractivity contribution in [1.82, 2.24) is 0 Å². The Hall–Kier alpha value is -0.0800. The van der Waals surface area contributed by atoms with Crippen molar-refractivity contribution >= 4 is 0 Å². The predicted octanol–water partition coefficient (Wildman–Crippen LogP) is 1.15. The maximum absolute atomic E-state index is 5.62. The first-order chi connectivity index (χ1) is 4.70. The number of rotatable bonds is 4. The zero-order valence-corrected chi connectivity index (χ0v) is 6.84. The van der Waals surface area contributed by atoms with Gasteiger partial charge in [0.2, 0.25) is 0 Å². The molecule has 2 nitrogen and oxygen atoms in total. The van der Waals surface area contributed by atoms with Gasteiger partial charge in [0.05, 0.1) is 6.10 Å². The Labute approximate surface area is 62.7 Å². The molecule has 0 spiro atoms. The van der Waals surface area contributed by atoms with Gasteiger partial charge in [0.15, 0.2) is 0 Å². The highest BCUT2D eigenvalue weighted by Crippen LogP contribution is 2.29. The first-order valence-corrected chi connectivity index (χ1v) is 4.07. The number of ether oxygens (including phenoxy) is 1. The highest BCUT2D eigenvalue weighted by atomic mass is 16.5. The zero-order valence-electron chi connectivity index (χ0n) is 6.84. The van der Waals surface area contributed by atoms with Gasteiger partial charge in [0.25, 0.3) is 0 Å². The van der Waals surface area contributed by atoms with Crippen LogP contribution in [0.5, 0.6) is 0 Å². The molecule has 0 aromatic heterocycles. The molecule has 2 unspecified atom stereocenters. The molecule has 0 aliphatic heterocycles. The molecule has 1 aliphatic carbocycles. The summed E-state index contributed by atoms with van der Waals surface area (Å²) in [7, 11) is 0. The average molecular weight is 143 g/mol. The van der Waals surface area contributed by atoms with Crippen LogP contribution in [-0.4, -0.2) is 18.8 Å². The topological polar surface area (TPSA) is 35.2 Å². The molecule has 0 radical (unpaired) electrons. The normalized spacial score (nSPS) is 24.3. The average Bonchev–Trinajstić information content (AvgIpc) is 2.64. The van der Waals surface area contributed by atoms with Crippen LogP contribution in [-0.2, 0) is 4.74 Å². The molecule has 1 saturated carbocycles. The van der Waals surface area contributed by atoms with Gasteiger partial charge in [-0.1, -0.05) is 0 Å². The molecule has 1 aliphatic rings. The highest BCUT2D eigenvalue weighted by Gasteiger charge is 2.22. The minimum absolute atomic E-state index is 0.166. The Morgan fingerprint density at radius 2 is 2.10 bits per heavy atom. The Kier molecular flexibility index (Phi) is 2.69. The lowest BCUT2D eigenvalue weighted by atomic mass is 10.2. The molecule has 1 fully saturated rings. The van der Waals surface area contributed by atoms with E-state index in [1.54, 1.807) is 0 Å². The van der Waals surface area contributed by atoms with Crippen molar-refractivity contribution in [2.45, 2.75) is 38.8 Å². The van der Waals surface area contributed by atoms with Crippen LogP contribution in [0.1, 0.15) is 26.7 Å². The van der Waals surface area contributed by atoms with Gasteiger partial charge in [-0.15, -0.1) is 0 Å². The molecule has 10 heavy (non-hydrogen) atoms. The lowest BCUT2D eigenvalue weighted by Gasteiger charge is -2.15. The molecule has 2 heteroatoms. The SMILES string of the molecule is CC(N)C(C)OCC1CC1. The molecule has 0 saturated heterocycles. The van der Waals surface area contributed by atoms with E-state index in [2.05, 4.69) is 0 Å². The molecule has 0 amide bonds. The van der Waals surface area contributed by atoms with Gasteiger partial charge >= 0.3 is 0 Å². The molecule has 2 N–H and O–H groups in total. The van der Waals surface area contributed by atoms with Gasteiger partial charge in [-0.05, 0) is 32.6 Å². The van der Waals surface area contributed by atoms with Crippen molar-refractivity contribution < 1.29 is 4.74 Å². The summed E-state index contributed by atoms with van der Waals surface area (Å²) in [6, 6.07) is 0.166. The molecule has 0 aromatic carbocycles. The molecule has 60 valence electrons. The van der Waals surface area contributed by atoms with E-state index >= 15 is 0 Å². The molecule has 0 bridgehead atoms. The second-order valence-corrected chi connectivity index (χ2v) is 3.34. The summed E-state index contributed by atoms with van der Waals surface area (Å²) in [5, 5.41) is 0. The minimum atomic E-state index is 0.166. The molecule has 0 aromatic rings. The summed E-state index contributed by atoms with van der Waals surface area (Å²) in [5.41, 5.74) is 5.62. The van der Waals surface area contributed by atoms with E-state index in [0.717, 1.165) is 12.5 Å². The van der Waals surface area contributed by atoms with Crippen molar-refractivity contribution in [1.29, 1.82) is 0 Å². The van der Waals surface area contributed by atoms with Gasteiger partial charge in [-0.25, -0.2) is 0 Å². The minimum Gasteiger partial charge on any atom is -0.377 e. The quantitative estimate of drug-likeness (QED) is 0.640. The van der Waals surface area contributed by atoms with Crippen molar-refractivity contribution in [2.75, 3.05) is 6.61 Å². The lowest BCUT2D eigenvalue weighted by molar-refractivity contribution is 0.0451. The summed E-state index contributed by atoms with van der Waals surface area (Å²) >= 11 is 0. The van der Waals surface area contributed by atoms with Crippen LogP contribution in [0.25, 0.3) is 0 Å². The summed E-state index contributed by atoms with van der Waals surface area (Å²) in [6.07, 6.45) is 2.93. The largest absolute Gasteiger partial charge is 0.377 e. The van der Waals surface area contributed by atoms with Crippen LogP contribution in [0.2, 0.25) is 0 Å². The fourth-order valence-electron chi connectivity index (χ4n) is 0.724. The van der Waals surface area contributed by atoms with Crippen LogP contribution in [0.15, 0.2) is 0 Å². The predicted molar refractivity (Wildman–Crippen MR) is 41.8 cm³/mol. The number of nitrogens with two attached hydrogens (primary N) is 1. The fourth-order valence-corrected chi connectivity index (χ4v) is 0.724. The van der Waals surface area contributed by atoms with Crippen LogP contribution < -0.4 is 5.73 Å². The highest BCUT2D eigenvalue weighted by molar-refractivity contribution is 4.73. The third-order valence-electron chi connectivity index (χ3n) is 2.03. The van der Waals surface area contributed by atoms with Gasteiger partial charge in [-0.2, -0.15) is 0 Å². The molecule has 2 atom stereocenters. The lowest BCUT2D eigenvalue weighted by Crippen LogP contribution is -2.31. The van der Waals surface area contributed by atoms with Crippen LogP contribution in [0.3, 0.4) is 0 Å². The van der Waals surface area contributed by atoms with E-state index in [0.29, 0.717) is 0 Å². The van der Waals surface area contributed by atoms with Crippen molar-refractivity contribution in [3.63, 3.8) is 0 Å². The first kappa shape index (κ1) is 8.02. The van der Waals surface area contributed by atoms with Crippen LogP contribution >= 0.6 is 0 Å². The third-order valence-corrected chi connectivity index (χ3v) is 2.03. The third kappa shape index (κ3) is 2.67. The molecule has 1 rings (SSSR count). The standard InChI is InChI=1S/C8H17NO/c1-6(9)7(2)10-5-8-3-4-8/h6-8H,3-5,9H2,1-2H3. The summed E-state index contributed by atoms with van der Waals surface area (Å²) in [4.78, 5) is 0. The fraction of sp³-hybridized carbons (Fsp3) is 1.00. The van der Waals surface area contributed by atoms with E-state index < -0.39 is 0 Å². The second kappa shape index (κ2) is 3.35. The van der Waals surface area contributed by atoms with Gasteiger partial charge in [0.1, 0.15) is 0 Å². The van der Waals surface area contributed by atoms with Crippen molar-refractivity contribution in [3.05, 3.63) is 0 Å². The molecular formula is C8H17NO. The molecular weight excluding hydrogens is 126 g/mol. The van der Waals surface area contributed by atoms with E-state index in [4.69, 9.17) is 10.5 Å². The van der Waals surface area contributed by atoms with E-state index in [9.17, 15) is 0 Å². The second-order valence-electron chi connectivity index (χ2n) is 3.34. The zero-order chi connectivity index (χ0) is 7.56. The molecule has 0 heterocycles. The van der Waals surface area contributed by atoms with Crippen molar-refractivity contribution in [2.24, 2.45) is 11.7 Å². The van der Waals surface area contributed by atoms with Gasteiger partial charge < -0.3 is 10.5 Å². The maximum atomic E-state index is 5.62. The maximum Gasteiger partial charge on any atom is 0.0695 e. The van der Waals surface area contributed by atoms with Crippen LogP contribution in [0.4, 0.5) is 0 Å². The van der Waals surface area contributed by atoms with Crippen molar-refractivity contribution in [3.8, 4) is 0 Å². The Morgan fingerprint density at radius 3 is 2.50 bits per heavy atom. The van der Waals surface area contributed by atoms with E-state index in [-0.39, 0.29) is 12.1 Å². The monoisotopic (exact) mass is 143 g/mol. The van der Waals surface area contributed by atoms with E-state index in [1.165, 1.54) is 12.8 Å². The number of hydrogen-bond acceptors (Lipinski definition) is 2. The van der Waals surface area contributed by atoms with E-state index in [1.807, 2.05) is 13.8 Å². The Balaban J connectivity index is 1.99. The van der Waals surface area contributed by atoms with Gasteiger partial charge in [0, 0.05) is 12.6 Å². The Morgan fingerprint density at radius 1 is 1.50 bits per heavy atom. The first-order valence-electron chi connectivity index (χ1n) is 4.07. The summed E-state index contributed by atoms with van der Waals surface area (Å²) < 4.78 is 5.50. The summed E-state index contributed by atoms with van der Waals surface area (Å²) in [6.45, 7) is 4.94. The summed E-state index contributed by atoms with van der Waals surface area (Å²) in [5.74, 6) is 0.848. The van der Waals surface area contributed by atoms with Crippen LogP contribution in [0, 0.1) is 5.92 Å². The number of hydrogen-bond donors (Lipinski definition) is 1. The smallest absolute Gasteiger partial charge is 0.0695 e. The van der Waals surface area contributed by atoms with Gasteiger partial charge in [-0.3, -0.25) is 0 Å².